The molecule has 5 rings (SSSR count). The van der Waals surface area contributed by atoms with E-state index >= 15 is 0 Å². The van der Waals surface area contributed by atoms with E-state index in [1.807, 2.05) is 54.1 Å². The van der Waals surface area contributed by atoms with E-state index in [1.54, 1.807) is 6.34 Å². The van der Waals surface area contributed by atoms with Crippen LogP contribution in [0.4, 0.5) is 5.82 Å². The molecule has 1 aromatic carbocycles. The number of nitrogens with zero attached hydrogens (tertiary/aromatic N) is 4. The Balaban J connectivity index is 1.48. The van der Waals surface area contributed by atoms with Crippen molar-refractivity contribution in [2.75, 3.05) is 5.32 Å². The Morgan fingerprint density at radius 1 is 1.17 bits per heavy atom. The minimum Gasteiger partial charge on any atom is -0.368 e. The molecule has 6 nitrogen and oxygen atoms in total. The van der Waals surface area contributed by atoms with Crippen molar-refractivity contribution in [1.29, 1.82) is 0 Å². The fraction of sp³-hybridized carbons (Fsp3) is 0.174. The van der Waals surface area contributed by atoms with Crippen molar-refractivity contribution in [3.63, 3.8) is 0 Å². The summed E-state index contributed by atoms with van der Waals surface area (Å²) >= 11 is 5.99. The molecular weight excluding hydrogens is 396 g/mol. The van der Waals surface area contributed by atoms with Gasteiger partial charge in [-0.2, -0.15) is 0 Å². The van der Waals surface area contributed by atoms with Gasteiger partial charge in [-0.25, -0.2) is 9.67 Å². The smallest absolute Gasteiger partial charge is 0.154 e. The van der Waals surface area contributed by atoms with Crippen LogP contribution in [0.25, 0.3) is 11.4 Å². The Labute approximate surface area is 180 Å². The lowest BCUT2D eigenvalue weighted by molar-refractivity contribution is 0.697. The molecule has 30 heavy (non-hydrogen) atoms. The molecule has 7 heteroatoms. The Bertz CT molecular complexity index is 1160. The number of pyridine rings is 1. The first-order valence-electron chi connectivity index (χ1n) is 9.86. The number of aryl methyl sites for hydroxylation is 1. The molecule has 0 radical (unpaired) electrons. The Morgan fingerprint density at radius 2 is 2.03 bits per heavy atom. The predicted octanol–water partition coefficient (Wildman–Crippen LogP) is 4.16. The molecule has 1 aliphatic carbocycles. The molecule has 0 amide bonds. The summed E-state index contributed by atoms with van der Waals surface area (Å²) in [6, 6.07) is 16.1. The lowest BCUT2D eigenvalue weighted by Crippen LogP contribution is -2.30. The number of aliphatic imine (C=N–C) groups is 1. The van der Waals surface area contributed by atoms with Crippen LogP contribution < -0.4 is 10.6 Å². The molecule has 2 aliphatic rings. The first kappa shape index (κ1) is 18.6. The van der Waals surface area contributed by atoms with Gasteiger partial charge in [0.1, 0.15) is 5.82 Å². The van der Waals surface area contributed by atoms with Gasteiger partial charge in [-0.1, -0.05) is 48.0 Å². The minimum absolute atomic E-state index is 0.157. The van der Waals surface area contributed by atoms with E-state index < -0.39 is 0 Å². The van der Waals surface area contributed by atoms with Gasteiger partial charge in [0.2, 0.25) is 0 Å². The number of aromatic nitrogens is 3. The van der Waals surface area contributed by atoms with Gasteiger partial charge >= 0.3 is 0 Å². The van der Waals surface area contributed by atoms with E-state index in [-0.39, 0.29) is 12.1 Å². The van der Waals surface area contributed by atoms with Crippen LogP contribution in [0.1, 0.15) is 17.0 Å². The van der Waals surface area contributed by atoms with Crippen LogP contribution in [0.3, 0.4) is 0 Å². The van der Waals surface area contributed by atoms with Crippen LogP contribution in [0.2, 0.25) is 5.02 Å². The number of hydrogen-bond acceptors (Lipinski definition) is 5. The fourth-order valence-electron chi connectivity index (χ4n) is 3.63. The van der Waals surface area contributed by atoms with Crippen molar-refractivity contribution in [2.24, 2.45) is 4.99 Å². The highest BCUT2D eigenvalue weighted by molar-refractivity contribution is 6.30. The second-order valence-corrected chi connectivity index (χ2v) is 7.82. The monoisotopic (exact) mass is 416 g/mol. The van der Waals surface area contributed by atoms with Crippen LogP contribution in [-0.2, 0) is 6.54 Å². The van der Waals surface area contributed by atoms with Crippen LogP contribution in [0.15, 0.2) is 71.8 Å². The van der Waals surface area contributed by atoms with Crippen molar-refractivity contribution >= 4 is 29.3 Å². The topological polar surface area (TPSA) is 67.1 Å². The summed E-state index contributed by atoms with van der Waals surface area (Å²) < 4.78 is 1.89. The Hall–Kier alpha value is -3.38. The number of nitrogens with one attached hydrogen (secondary N) is 2. The fourth-order valence-corrected chi connectivity index (χ4v) is 3.76. The van der Waals surface area contributed by atoms with E-state index in [0.717, 1.165) is 39.2 Å². The highest BCUT2D eigenvalue weighted by Crippen LogP contribution is 2.28. The van der Waals surface area contributed by atoms with Gasteiger partial charge in [0.05, 0.1) is 24.1 Å². The molecular formula is C23H21ClN6. The standard InChI is InChI=1S/C23H21ClN6/c1-15-3-2-4-23(28-15)30-21(17-7-10-19-20(11-17)27-14-26-19)12-22(29-30)25-13-16-5-8-18(24)9-6-16/h2-12,14,19-20H,13H2,1H3,(H,25,29)(H,26,27). The van der Waals surface area contributed by atoms with Gasteiger partial charge in [0, 0.05) is 23.3 Å². The van der Waals surface area contributed by atoms with Gasteiger partial charge in [-0.3, -0.25) is 4.99 Å². The number of halogens is 1. The first-order valence-corrected chi connectivity index (χ1v) is 10.2. The van der Waals surface area contributed by atoms with Crippen molar-refractivity contribution in [2.45, 2.75) is 25.6 Å². The van der Waals surface area contributed by atoms with Crippen LogP contribution >= 0.6 is 11.6 Å². The van der Waals surface area contributed by atoms with Crippen molar-refractivity contribution < 1.29 is 0 Å². The van der Waals surface area contributed by atoms with Gasteiger partial charge < -0.3 is 10.6 Å². The summed E-state index contributed by atoms with van der Waals surface area (Å²) in [6.07, 6.45) is 8.21. The van der Waals surface area contributed by atoms with Crippen molar-refractivity contribution in [3.05, 3.63) is 88.7 Å². The predicted molar refractivity (Wildman–Crippen MR) is 121 cm³/mol. The number of hydrogen-bond donors (Lipinski definition) is 2. The van der Waals surface area contributed by atoms with Crippen molar-refractivity contribution in [1.82, 2.24) is 20.1 Å². The summed E-state index contributed by atoms with van der Waals surface area (Å²) in [7, 11) is 0. The van der Waals surface area contributed by atoms with Crippen molar-refractivity contribution in [3.8, 4) is 5.82 Å². The summed E-state index contributed by atoms with van der Waals surface area (Å²) in [5, 5.41) is 12.2. The molecule has 0 spiro atoms. The number of rotatable bonds is 5. The van der Waals surface area contributed by atoms with E-state index in [2.05, 4.69) is 44.9 Å². The van der Waals surface area contributed by atoms with Gasteiger partial charge in [-0.15, -0.1) is 5.10 Å². The largest absolute Gasteiger partial charge is 0.368 e. The van der Waals surface area contributed by atoms with Crippen LogP contribution in [0.5, 0.6) is 0 Å². The van der Waals surface area contributed by atoms with Gasteiger partial charge in [0.25, 0.3) is 0 Å². The highest BCUT2D eigenvalue weighted by Gasteiger charge is 2.25. The van der Waals surface area contributed by atoms with E-state index in [0.29, 0.717) is 6.54 Å². The van der Waals surface area contributed by atoms with E-state index in [1.165, 1.54) is 0 Å². The number of fused-ring (bicyclic) bond motifs is 1. The minimum atomic E-state index is 0.157. The normalized spacial score (nSPS) is 19.3. The molecule has 1 aliphatic heterocycles. The molecule has 150 valence electrons. The summed E-state index contributed by atoms with van der Waals surface area (Å²) in [5.74, 6) is 1.58. The van der Waals surface area contributed by atoms with Gasteiger partial charge in [-0.05, 0) is 42.3 Å². The molecule has 0 saturated carbocycles. The molecule has 3 aromatic rings. The second kappa shape index (κ2) is 7.80. The Morgan fingerprint density at radius 3 is 2.87 bits per heavy atom. The molecule has 0 bridgehead atoms. The maximum Gasteiger partial charge on any atom is 0.154 e. The maximum atomic E-state index is 5.99. The third-order valence-electron chi connectivity index (χ3n) is 5.20. The first-order chi connectivity index (χ1) is 14.7. The zero-order chi connectivity index (χ0) is 20.5. The highest BCUT2D eigenvalue weighted by atomic mass is 35.5. The molecule has 2 unspecified atom stereocenters. The maximum absolute atomic E-state index is 5.99. The summed E-state index contributed by atoms with van der Waals surface area (Å²) in [6.45, 7) is 2.64. The van der Waals surface area contributed by atoms with E-state index in [9.17, 15) is 0 Å². The number of allylic oxidation sites excluding steroid dienone is 2. The summed E-state index contributed by atoms with van der Waals surface area (Å²) in [5.41, 5.74) is 4.15. The quantitative estimate of drug-likeness (QED) is 0.655. The summed E-state index contributed by atoms with van der Waals surface area (Å²) in [4.78, 5) is 9.10. The lowest BCUT2D eigenvalue weighted by atomic mass is 9.97. The lowest BCUT2D eigenvalue weighted by Gasteiger charge is -2.18. The van der Waals surface area contributed by atoms with Crippen LogP contribution in [0, 0.1) is 6.92 Å². The average Bonchev–Trinajstić information content (AvgIpc) is 3.40. The molecule has 2 atom stereocenters. The Kier molecular flexibility index (Phi) is 4.85. The third-order valence-corrected chi connectivity index (χ3v) is 5.45. The zero-order valence-corrected chi connectivity index (χ0v) is 17.2. The zero-order valence-electron chi connectivity index (χ0n) is 16.5. The molecule has 3 heterocycles. The number of anilines is 1. The third kappa shape index (κ3) is 3.74. The molecule has 0 saturated heterocycles. The van der Waals surface area contributed by atoms with Crippen LogP contribution in [-0.4, -0.2) is 33.2 Å². The molecule has 2 N–H and O–H groups in total. The van der Waals surface area contributed by atoms with E-state index in [4.69, 9.17) is 16.7 Å². The van der Waals surface area contributed by atoms with Gasteiger partial charge in [0.15, 0.2) is 5.82 Å². The molecule has 0 fully saturated rings. The number of benzene rings is 1. The molecule has 2 aromatic heterocycles. The SMILES string of the molecule is Cc1cccc(-n2nc(NCc3ccc(Cl)cc3)cc2C2=CC3NC=NC3C=C2)n1. The second-order valence-electron chi connectivity index (χ2n) is 7.39. The average molecular weight is 417 g/mol.